The maximum atomic E-state index is 12.3. The number of thiophene rings is 1. The Hall–Kier alpha value is -0.470. The third kappa shape index (κ3) is 4.26. The van der Waals surface area contributed by atoms with Gasteiger partial charge in [0.05, 0.1) is 11.5 Å². The molecule has 7 heteroatoms. The SMILES string of the molecule is CCN1CCC(CNS(=O)(=O)c2cc(CO)sc2C)CC1. The zero-order chi connectivity index (χ0) is 15.5. The molecule has 5 nitrogen and oxygen atoms in total. The molecule has 2 heterocycles. The largest absolute Gasteiger partial charge is 0.391 e. The van der Waals surface area contributed by atoms with Gasteiger partial charge < -0.3 is 10.0 Å². The van der Waals surface area contributed by atoms with Gasteiger partial charge in [-0.1, -0.05) is 6.92 Å². The van der Waals surface area contributed by atoms with Crippen molar-refractivity contribution < 1.29 is 13.5 Å². The molecular weight excluding hydrogens is 308 g/mol. The van der Waals surface area contributed by atoms with Gasteiger partial charge in [-0.05, 0) is 51.4 Å². The summed E-state index contributed by atoms with van der Waals surface area (Å²) in [5.41, 5.74) is 0. The standard InChI is InChI=1S/C14H24N2O3S2/c1-3-16-6-4-12(5-7-16)9-15-21(18,19)14-8-13(10-17)20-11(14)2/h8,12,15,17H,3-7,9-10H2,1-2H3. The van der Waals surface area contributed by atoms with E-state index in [4.69, 9.17) is 5.11 Å². The number of piperidine rings is 1. The minimum atomic E-state index is -3.46. The van der Waals surface area contributed by atoms with Crippen LogP contribution in [0, 0.1) is 12.8 Å². The molecule has 1 aliphatic rings. The van der Waals surface area contributed by atoms with E-state index in [1.807, 2.05) is 0 Å². The van der Waals surface area contributed by atoms with Gasteiger partial charge in [0.25, 0.3) is 0 Å². The van der Waals surface area contributed by atoms with Gasteiger partial charge in [-0.2, -0.15) is 0 Å². The maximum absolute atomic E-state index is 12.3. The van der Waals surface area contributed by atoms with Crippen LogP contribution in [-0.2, 0) is 16.6 Å². The van der Waals surface area contributed by atoms with Gasteiger partial charge >= 0.3 is 0 Å². The second-order valence-corrected chi connectivity index (χ2v) is 8.60. The fourth-order valence-corrected chi connectivity index (χ4v) is 5.29. The lowest BCUT2D eigenvalue weighted by molar-refractivity contribution is 0.194. The first-order valence-electron chi connectivity index (χ1n) is 7.38. The fourth-order valence-electron chi connectivity index (χ4n) is 2.68. The molecule has 1 aliphatic heterocycles. The average Bonchev–Trinajstić information content (AvgIpc) is 2.88. The zero-order valence-corrected chi connectivity index (χ0v) is 14.3. The van der Waals surface area contributed by atoms with E-state index in [9.17, 15) is 8.42 Å². The smallest absolute Gasteiger partial charge is 0.241 e. The van der Waals surface area contributed by atoms with Crippen molar-refractivity contribution in [2.24, 2.45) is 5.92 Å². The van der Waals surface area contributed by atoms with Crippen molar-refractivity contribution >= 4 is 21.4 Å². The summed E-state index contributed by atoms with van der Waals surface area (Å²) in [6, 6.07) is 1.57. The molecule has 0 amide bonds. The summed E-state index contributed by atoms with van der Waals surface area (Å²) in [7, 11) is -3.46. The summed E-state index contributed by atoms with van der Waals surface area (Å²) in [4.78, 5) is 4.11. The highest BCUT2D eigenvalue weighted by atomic mass is 32.2. The number of rotatable bonds is 6. The molecule has 21 heavy (non-hydrogen) atoms. The molecule has 0 spiro atoms. The van der Waals surface area contributed by atoms with Crippen LogP contribution in [0.2, 0.25) is 0 Å². The lowest BCUT2D eigenvalue weighted by Gasteiger charge is -2.30. The third-order valence-corrected chi connectivity index (χ3v) is 6.80. The quantitative estimate of drug-likeness (QED) is 0.829. The number of nitrogens with one attached hydrogen (secondary N) is 1. The van der Waals surface area contributed by atoms with Gasteiger partial charge in [0.1, 0.15) is 0 Å². The van der Waals surface area contributed by atoms with Crippen LogP contribution >= 0.6 is 11.3 Å². The number of hydrogen-bond acceptors (Lipinski definition) is 5. The fraction of sp³-hybridized carbons (Fsp3) is 0.714. The topological polar surface area (TPSA) is 69.6 Å². The Balaban J connectivity index is 1.94. The molecule has 1 aromatic heterocycles. The number of hydrogen-bond donors (Lipinski definition) is 2. The van der Waals surface area contributed by atoms with Crippen molar-refractivity contribution in [1.82, 2.24) is 9.62 Å². The van der Waals surface area contributed by atoms with Crippen LogP contribution in [0.4, 0.5) is 0 Å². The normalized spacial score (nSPS) is 18.2. The van der Waals surface area contributed by atoms with Crippen LogP contribution < -0.4 is 4.72 Å². The van der Waals surface area contributed by atoms with E-state index in [0.29, 0.717) is 22.2 Å². The van der Waals surface area contributed by atoms with Crippen LogP contribution in [0.5, 0.6) is 0 Å². The highest BCUT2D eigenvalue weighted by Crippen LogP contribution is 2.26. The average molecular weight is 332 g/mol. The molecule has 1 saturated heterocycles. The van der Waals surface area contributed by atoms with E-state index < -0.39 is 10.0 Å². The van der Waals surface area contributed by atoms with Crippen LogP contribution in [-0.4, -0.2) is 44.6 Å². The van der Waals surface area contributed by atoms with Crippen molar-refractivity contribution in [2.75, 3.05) is 26.2 Å². The van der Waals surface area contributed by atoms with Gasteiger partial charge in [0.15, 0.2) is 0 Å². The van der Waals surface area contributed by atoms with E-state index in [0.717, 1.165) is 37.4 Å². The Morgan fingerprint density at radius 1 is 1.43 bits per heavy atom. The number of likely N-dealkylation sites (tertiary alicyclic amines) is 1. The molecule has 2 N–H and O–H groups in total. The van der Waals surface area contributed by atoms with Crippen molar-refractivity contribution in [2.45, 2.75) is 38.2 Å². The molecule has 120 valence electrons. The van der Waals surface area contributed by atoms with Gasteiger partial charge in [0.2, 0.25) is 10.0 Å². The molecule has 0 radical (unpaired) electrons. The van der Waals surface area contributed by atoms with Crippen LogP contribution in [0.3, 0.4) is 0 Å². The van der Waals surface area contributed by atoms with Gasteiger partial charge in [-0.15, -0.1) is 11.3 Å². The van der Waals surface area contributed by atoms with E-state index in [1.54, 1.807) is 13.0 Å². The molecule has 2 rings (SSSR count). The minimum absolute atomic E-state index is 0.115. The highest BCUT2D eigenvalue weighted by molar-refractivity contribution is 7.89. The summed E-state index contributed by atoms with van der Waals surface area (Å²) >= 11 is 1.33. The second kappa shape index (κ2) is 7.19. The number of aliphatic hydroxyl groups excluding tert-OH is 1. The van der Waals surface area contributed by atoms with E-state index >= 15 is 0 Å². The van der Waals surface area contributed by atoms with E-state index in [1.165, 1.54) is 11.3 Å². The minimum Gasteiger partial charge on any atom is -0.391 e. The molecule has 0 aliphatic carbocycles. The zero-order valence-electron chi connectivity index (χ0n) is 12.6. The highest BCUT2D eigenvalue weighted by Gasteiger charge is 2.23. The monoisotopic (exact) mass is 332 g/mol. The first kappa shape index (κ1) is 16.9. The molecule has 0 bridgehead atoms. The molecular formula is C14H24N2O3S2. The predicted molar refractivity (Wildman–Crippen MR) is 85.0 cm³/mol. The van der Waals surface area contributed by atoms with Crippen molar-refractivity contribution in [3.05, 3.63) is 15.8 Å². The Bertz CT molecular complexity index is 561. The van der Waals surface area contributed by atoms with Crippen molar-refractivity contribution in [3.63, 3.8) is 0 Å². The van der Waals surface area contributed by atoms with Crippen LogP contribution in [0.15, 0.2) is 11.0 Å². The Morgan fingerprint density at radius 3 is 2.62 bits per heavy atom. The van der Waals surface area contributed by atoms with Crippen molar-refractivity contribution in [1.29, 1.82) is 0 Å². The van der Waals surface area contributed by atoms with Crippen LogP contribution in [0.1, 0.15) is 29.5 Å². The second-order valence-electron chi connectivity index (χ2n) is 5.52. The maximum Gasteiger partial charge on any atom is 0.241 e. The van der Waals surface area contributed by atoms with E-state index in [-0.39, 0.29) is 6.61 Å². The molecule has 0 atom stereocenters. The molecule has 1 fully saturated rings. The van der Waals surface area contributed by atoms with Gasteiger partial charge in [0, 0.05) is 16.3 Å². The summed E-state index contributed by atoms with van der Waals surface area (Å²) in [5.74, 6) is 0.416. The molecule has 0 aromatic carbocycles. The van der Waals surface area contributed by atoms with E-state index in [2.05, 4.69) is 16.5 Å². The Kier molecular flexibility index (Phi) is 5.79. The first-order chi connectivity index (χ1) is 9.96. The molecule has 0 unspecified atom stereocenters. The summed E-state index contributed by atoms with van der Waals surface area (Å²) < 4.78 is 27.4. The summed E-state index contributed by atoms with van der Waals surface area (Å²) in [6.07, 6.45) is 2.09. The third-order valence-electron chi connectivity index (χ3n) is 4.09. The molecule has 1 aromatic rings. The number of aliphatic hydroxyl groups is 1. The summed E-state index contributed by atoms with van der Waals surface area (Å²) in [5, 5.41) is 9.11. The van der Waals surface area contributed by atoms with Gasteiger partial charge in [-0.3, -0.25) is 0 Å². The van der Waals surface area contributed by atoms with Crippen molar-refractivity contribution in [3.8, 4) is 0 Å². The lowest BCUT2D eigenvalue weighted by Crippen LogP contribution is -2.38. The Morgan fingerprint density at radius 2 is 2.10 bits per heavy atom. The first-order valence-corrected chi connectivity index (χ1v) is 9.68. The number of sulfonamides is 1. The van der Waals surface area contributed by atoms with Gasteiger partial charge in [-0.25, -0.2) is 13.1 Å². The number of nitrogens with zero attached hydrogens (tertiary/aromatic N) is 1. The summed E-state index contributed by atoms with van der Waals surface area (Å²) in [6.45, 7) is 7.49. The van der Waals surface area contributed by atoms with Crippen LogP contribution in [0.25, 0.3) is 0 Å². The molecule has 0 saturated carbocycles. The lowest BCUT2D eigenvalue weighted by atomic mass is 9.97. The Labute approximate surface area is 131 Å². The number of aryl methyl sites for hydroxylation is 1. The predicted octanol–water partition coefficient (Wildman–Crippen LogP) is 1.56.